The van der Waals surface area contributed by atoms with Crippen LogP contribution in [-0.2, 0) is 12.8 Å². The van der Waals surface area contributed by atoms with E-state index in [2.05, 4.69) is 22.4 Å². The van der Waals surface area contributed by atoms with Crippen molar-refractivity contribution in [3.8, 4) is 5.75 Å². The molecule has 1 aromatic carbocycles. The van der Waals surface area contributed by atoms with Gasteiger partial charge in [0.2, 0.25) is 5.89 Å². The molecule has 1 heterocycles. The van der Waals surface area contributed by atoms with Crippen molar-refractivity contribution in [2.75, 3.05) is 7.05 Å². The van der Waals surface area contributed by atoms with E-state index < -0.39 is 0 Å². The SMILES string of the molecule is CNC(C)Cc1noc(Cc2cccc(OC(C)C)c2)n1.Cl. The van der Waals surface area contributed by atoms with Gasteiger partial charge in [0.25, 0.3) is 0 Å². The Morgan fingerprint density at radius 1 is 1.27 bits per heavy atom. The number of nitrogens with one attached hydrogen (secondary N) is 1. The van der Waals surface area contributed by atoms with Crippen molar-refractivity contribution in [2.45, 2.75) is 45.8 Å². The van der Waals surface area contributed by atoms with Crippen LogP contribution in [0.1, 0.15) is 38.0 Å². The molecule has 5 nitrogen and oxygen atoms in total. The van der Waals surface area contributed by atoms with Crippen LogP contribution in [0, 0.1) is 0 Å². The van der Waals surface area contributed by atoms with Gasteiger partial charge in [0.15, 0.2) is 5.82 Å². The lowest BCUT2D eigenvalue weighted by atomic mass is 10.1. The van der Waals surface area contributed by atoms with Crippen LogP contribution < -0.4 is 10.1 Å². The Labute approximate surface area is 137 Å². The number of nitrogens with zero attached hydrogens (tertiary/aromatic N) is 2. The number of aromatic nitrogens is 2. The first-order valence-corrected chi connectivity index (χ1v) is 7.31. The summed E-state index contributed by atoms with van der Waals surface area (Å²) in [5.74, 6) is 2.24. The number of rotatable bonds is 7. The first-order valence-electron chi connectivity index (χ1n) is 7.31. The Balaban J connectivity index is 0.00000242. The Morgan fingerprint density at radius 3 is 2.73 bits per heavy atom. The Hall–Kier alpha value is -1.59. The Bertz CT molecular complexity index is 572. The highest BCUT2D eigenvalue weighted by atomic mass is 35.5. The summed E-state index contributed by atoms with van der Waals surface area (Å²) < 4.78 is 11.0. The zero-order valence-corrected chi connectivity index (χ0v) is 14.3. The Kier molecular flexibility index (Phi) is 7.35. The molecule has 0 spiro atoms. The molecule has 0 saturated heterocycles. The molecular formula is C16H24ClN3O2. The zero-order valence-electron chi connectivity index (χ0n) is 13.5. The molecule has 0 aliphatic carbocycles. The van der Waals surface area contributed by atoms with Gasteiger partial charge in [-0.25, -0.2) is 0 Å². The van der Waals surface area contributed by atoms with Crippen molar-refractivity contribution in [2.24, 2.45) is 0 Å². The van der Waals surface area contributed by atoms with Crippen LogP contribution >= 0.6 is 12.4 Å². The van der Waals surface area contributed by atoms with Gasteiger partial charge >= 0.3 is 0 Å². The largest absolute Gasteiger partial charge is 0.491 e. The minimum absolute atomic E-state index is 0. The van der Waals surface area contributed by atoms with E-state index in [0.717, 1.165) is 23.6 Å². The van der Waals surface area contributed by atoms with E-state index in [1.54, 1.807) is 0 Å². The molecule has 0 aliphatic rings. The van der Waals surface area contributed by atoms with Crippen molar-refractivity contribution in [3.63, 3.8) is 0 Å². The molecule has 2 rings (SSSR count). The quantitative estimate of drug-likeness (QED) is 0.848. The van der Waals surface area contributed by atoms with Crippen molar-refractivity contribution in [3.05, 3.63) is 41.5 Å². The predicted octanol–water partition coefficient (Wildman–Crippen LogP) is 3.02. The van der Waals surface area contributed by atoms with Crippen LogP contribution in [0.25, 0.3) is 0 Å². The second-order valence-corrected chi connectivity index (χ2v) is 5.49. The van der Waals surface area contributed by atoms with E-state index >= 15 is 0 Å². The minimum Gasteiger partial charge on any atom is -0.491 e. The fourth-order valence-electron chi connectivity index (χ4n) is 2.00. The third kappa shape index (κ3) is 5.66. The molecule has 6 heteroatoms. The van der Waals surface area contributed by atoms with E-state index in [4.69, 9.17) is 9.26 Å². The van der Waals surface area contributed by atoms with Gasteiger partial charge in [0.05, 0.1) is 12.5 Å². The van der Waals surface area contributed by atoms with E-state index in [1.807, 2.05) is 45.2 Å². The third-order valence-electron chi connectivity index (χ3n) is 3.12. The number of benzene rings is 1. The van der Waals surface area contributed by atoms with Crippen LogP contribution in [0.5, 0.6) is 5.75 Å². The maximum absolute atomic E-state index is 5.69. The number of likely N-dealkylation sites (N-methyl/N-ethyl adjacent to an activating group) is 1. The summed E-state index contributed by atoms with van der Waals surface area (Å²) in [6.07, 6.45) is 1.55. The van der Waals surface area contributed by atoms with Gasteiger partial charge in [-0.2, -0.15) is 4.98 Å². The molecule has 0 aliphatic heterocycles. The zero-order chi connectivity index (χ0) is 15.2. The molecule has 0 radical (unpaired) electrons. The smallest absolute Gasteiger partial charge is 0.231 e. The summed E-state index contributed by atoms with van der Waals surface area (Å²) in [6, 6.07) is 8.32. The Morgan fingerprint density at radius 2 is 2.05 bits per heavy atom. The average molecular weight is 326 g/mol. The first kappa shape index (κ1) is 18.5. The third-order valence-corrected chi connectivity index (χ3v) is 3.12. The topological polar surface area (TPSA) is 60.2 Å². The molecule has 22 heavy (non-hydrogen) atoms. The molecule has 1 unspecified atom stereocenters. The molecule has 1 aromatic heterocycles. The summed E-state index contributed by atoms with van der Waals surface area (Å²) >= 11 is 0. The maximum atomic E-state index is 5.69. The van der Waals surface area contributed by atoms with Crippen molar-refractivity contribution in [1.82, 2.24) is 15.5 Å². The maximum Gasteiger partial charge on any atom is 0.231 e. The summed E-state index contributed by atoms with van der Waals surface area (Å²) in [5.41, 5.74) is 1.10. The van der Waals surface area contributed by atoms with Gasteiger partial charge in [-0.1, -0.05) is 17.3 Å². The number of hydrogen-bond donors (Lipinski definition) is 1. The lowest BCUT2D eigenvalue weighted by molar-refractivity contribution is 0.242. The second kappa shape index (κ2) is 8.76. The predicted molar refractivity (Wildman–Crippen MR) is 88.8 cm³/mol. The van der Waals surface area contributed by atoms with Crippen molar-refractivity contribution in [1.29, 1.82) is 0 Å². The first-order chi connectivity index (χ1) is 10.1. The van der Waals surface area contributed by atoms with E-state index in [0.29, 0.717) is 18.4 Å². The number of halogens is 1. The van der Waals surface area contributed by atoms with Gasteiger partial charge < -0.3 is 14.6 Å². The van der Waals surface area contributed by atoms with E-state index in [1.165, 1.54) is 0 Å². The molecule has 2 aromatic rings. The van der Waals surface area contributed by atoms with E-state index in [9.17, 15) is 0 Å². The number of ether oxygens (including phenoxy) is 1. The highest BCUT2D eigenvalue weighted by Gasteiger charge is 2.10. The lowest BCUT2D eigenvalue weighted by Gasteiger charge is -2.10. The molecule has 0 amide bonds. The standard InChI is InChI=1S/C16H23N3O2.ClH/c1-11(2)20-14-7-5-6-13(9-14)10-16-18-15(19-21-16)8-12(3)17-4;/h5-7,9,11-12,17H,8,10H2,1-4H3;1H. The minimum atomic E-state index is 0. The van der Waals surface area contributed by atoms with Crippen LogP contribution in [0.15, 0.2) is 28.8 Å². The van der Waals surface area contributed by atoms with Gasteiger partial charge in [-0.05, 0) is 45.5 Å². The van der Waals surface area contributed by atoms with Crippen LogP contribution in [-0.4, -0.2) is 29.3 Å². The van der Waals surface area contributed by atoms with Crippen LogP contribution in [0.4, 0.5) is 0 Å². The fourth-order valence-corrected chi connectivity index (χ4v) is 2.00. The molecule has 0 saturated carbocycles. The fraction of sp³-hybridized carbons (Fsp3) is 0.500. The lowest BCUT2D eigenvalue weighted by Crippen LogP contribution is -2.24. The molecule has 1 N–H and O–H groups in total. The van der Waals surface area contributed by atoms with Crippen LogP contribution in [0.2, 0.25) is 0 Å². The molecule has 0 fully saturated rings. The van der Waals surface area contributed by atoms with Gasteiger partial charge in [-0.15, -0.1) is 12.4 Å². The monoisotopic (exact) mass is 325 g/mol. The van der Waals surface area contributed by atoms with E-state index in [-0.39, 0.29) is 18.5 Å². The summed E-state index contributed by atoms with van der Waals surface area (Å²) in [7, 11) is 1.92. The van der Waals surface area contributed by atoms with Crippen LogP contribution in [0.3, 0.4) is 0 Å². The summed E-state index contributed by atoms with van der Waals surface area (Å²) in [5, 5.41) is 7.17. The van der Waals surface area contributed by atoms with Gasteiger partial charge in [-0.3, -0.25) is 0 Å². The summed E-state index contributed by atoms with van der Waals surface area (Å²) in [6.45, 7) is 6.11. The van der Waals surface area contributed by atoms with Crippen molar-refractivity contribution < 1.29 is 9.26 Å². The second-order valence-electron chi connectivity index (χ2n) is 5.49. The summed E-state index contributed by atoms with van der Waals surface area (Å²) in [4.78, 5) is 4.43. The van der Waals surface area contributed by atoms with Gasteiger partial charge in [0, 0.05) is 12.5 Å². The molecule has 1 atom stereocenters. The number of hydrogen-bond acceptors (Lipinski definition) is 5. The van der Waals surface area contributed by atoms with Gasteiger partial charge in [0.1, 0.15) is 5.75 Å². The molecule has 122 valence electrons. The normalized spacial score (nSPS) is 12.0. The molecule has 0 bridgehead atoms. The average Bonchev–Trinajstić information content (AvgIpc) is 2.85. The van der Waals surface area contributed by atoms with Crippen molar-refractivity contribution >= 4 is 12.4 Å². The highest BCUT2D eigenvalue weighted by molar-refractivity contribution is 5.85. The molecular weight excluding hydrogens is 302 g/mol. The highest BCUT2D eigenvalue weighted by Crippen LogP contribution is 2.17.